The average Bonchev–Trinajstić information content (AvgIpc) is 2.67. The lowest BCUT2D eigenvalue weighted by Crippen LogP contribution is -2.23. The SMILES string of the molecule is Cc1ccc(N[C@H](C(=O)OCc2ccccc2)c2ccccc2)cc1. The Morgan fingerprint density at radius 2 is 1.48 bits per heavy atom. The molecule has 25 heavy (non-hydrogen) atoms. The monoisotopic (exact) mass is 331 g/mol. The first-order valence-electron chi connectivity index (χ1n) is 8.31. The lowest BCUT2D eigenvalue weighted by atomic mass is 10.1. The highest BCUT2D eigenvalue weighted by atomic mass is 16.5. The molecule has 3 rings (SSSR count). The third kappa shape index (κ3) is 4.70. The molecule has 3 aromatic rings. The van der Waals surface area contributed by atoms with Crippen molar-refractivity contribution in [2.24, 2.45) is 0 Å². The van der Waals surface area contributed by atoms with Crippen LogP contribution in [0.4, 0.5) is 5.69 Å². The first kappa shape index (κ1) is 16.8. The summed E-state index contributed by atoms with van der Waals surface area (Å²) in [7, 11) is 0. The molecule has 126 valence electrons. The third-order valence-electron chi connectivity index (χ3n) is 3.96. The van der Waals surface area contributed by atoms with E-state index in [9.17, 15) is 4.79 Å². The van der Waals surface area contributed by atoms with Crippen LogP contribution in [0.2, 0.25) is 0 Å². The molecule has 0 unspecified atom stereocenters. The molecule has 3 nitrogen and oxygen atoms in total. The topological polar surface area (TPSA) is 38.3 Å². The Balaban J connectivity index is 1.76. The molecule has 0 saturated heterocycles. The number of hydrogen-bond acceptors (Lipinski definition) is 3. The van der Waals surface area contributed by atoms with Gasteiger partial charge in [0, 0.05) is 5.69 Å². The van der Waals surface area contributed by atoms with Gasteiger partial charge in [0.15, 0.2) is 6.04 Å². The Labute approximate surface area is 148 Å². The summed E-state index contributed by atoms with van der Waals surface area (Å²) in [6.07, 6.45) is 0. The molecule has 1 atom stereocenters. The van der Waals surface area contributed by atoms with Gasteiger partial charge < -0.3 is 10.1 Å². The number of rotatable bonds is 6. The van der Waals surface area contributed by atoms with Crippen molar-refractivity contribution in [2.45, 2.75) is 19.6 Å². The molecule has 0 saturated carbocycles. The van der Waals surface area contributed by atoms with Crippen molar-refractivity contribution < 1.29 is 9.53 Å². The Morgan fingerprint density at radius 1 is 0.880 bits per heavy atom. The lowest BCUT2D eigenvalue weighted by molar-refractivity contribution is -0.146. The highest BCUT2D eigenvalue weighted by Gasteiger charge is 2.22. The molecule has 0 aliphatic carbocycles. The van der Waals surface area contributed by atoms with E-state index in [-0.39, 0.29) is 12.6 Å². The van der Waals surface area contributed by atoms with E-state index in [4.69, 9.17) is 4.74 Å². The van der Waals surface area contributed by atoms with Gasteiger partial charge in [-0.05, 0) is 30.2 Å². The quantitative estimate of drug-likeness (QED) is 0.653. The van der Waals surface area contributed by atoms with Gasteiger partial charge in [-0.25, -0.2) is 4.79 Å². The molecular weight excluding hydrogens is 310 g/mol. The summed E-state index contributed by atoms with van der Waals surface area (Å²) in [6.45, 7) is 2.30. The average molecular weight is 331 g/mol. The van der Waals surface area contributed by atoms with Crippen LogP contribution in [0.3, 0.4) is 0 Å². The number of carbonyl (C=O) groups excluding carboxylic acids is 1. The minimum absolute atomic E-state index is 0.262. The zero-order valence-corrected chi connectivity index (χ0v) is 14.2. The molecule has 0 bridgehead atoms. The Bertz CT molecular complexity index is 798. The Hall–Kier alpha value is -3.07. The summed E-state index contributed by atoms with van der Waals surface area (Å²) in [5.41, 5.74) is 3.91. The summed E-state index contributed by atoms with van der Waals surface area (Å²) in [4.78, 5) is 12.7. The molecule has 0 radical (unpaired) electrons. The number of aryl methyl sites for hydroxylation is 1. The minimum atomic E-state index is -0.549. The van der Waals surface area contributed by atoms with Crippen LogP contribution in [0.5, 0.6) is 0 Å². The van der Waals surface area contributed by atoms with Crippen LogP contribution in [-0.2, 0) is 16.1 Å². The molecule has 0 aliphatic rings. The zero-order valence-electron chi connectivity index (χ0n) is 14.2. The molecule has 0 aliphatic heterocycles. The van der Waals surface area contributed by atoms with Crippen molar-refractivity contribution in [3.05, 3.63) is 102 Å². The molecule has 3 aromatic carbocycles. The van der Waals surface area contributed by atoms with Crippen LogP contribution in [-0.4, -0.2) is 5.97 Å². The largest absolute Gasteiger partial charge is 0.459 e. The van der Waals surface area contributed by atoms with Crippen LogP contribution in [0, 0.1) is 6.92 Å². The number of nitrogens with one attached hydrogen (secondary N) is 1. The van der Waals surface area contributed by atoms with E-state index in [1.54, 1.807) is 0 Å². The van der Waals surface area contributed by atoms with E-state index in [0.717, 1.165) is 16.8 Å². The Morgan fingerprint density at radius 3 is 2.12 bits per heavy atom. The maximum absolute atomic E-state index is 12.7. The van der Waals surface area contributed by atoms with Gasteiger partial charge in [-0.15, -0.1) is 0 Å². The fourth-order valence-corrected chi connectivity index (χ4v) is 2.55. The maximum atomic E-state index is 12.7. The van der Waals surface area contributed by atoms with Crippen molar-refractivity contribution in [3.8, 4) is 0 Å². The molecular formula is C22H21NO2. The zero-order chi connectivity index (χ0) is 17.5. The number of carbonyl (C=O) groups is 1. The summed E-state index contributed by atoms with van der Waals surface area (Å²) < 4.78 is 5.54. The summed E-state index contributed by atoms with van der Waals surface area (Å²) >= 11 is 0. The summed E-state index contributed by atoms with van der Waals surface area (Å²) in [5, 5.41) is 3.28. The van der Waals surface area contributed by atoms with Gasteiger partial charge in [-0.2, -0.15) is 0 Å². The first-order chi connectivity index (χ1) is 12.2. The van der Waals surface area contributed by atoms with Gasteiger partial charge >= 0.3 is 5.97 Å². The fraction of sp³-hybridized carbons (Fsp3) is 0.136. The smallest absolute Gasteiger partial charge is 0.333 e. The summed E-state index contributed by atoms with van der Waals surface area (Å²) in [6, 6.07) is 26.7. The lowest BCUT2D eigenvalue weighted by Gasteiger charge is -2.19. The predicted octanol–water partition coefficient (Wildman–Crippen LogP) is 4.89. The van der Waals surface area contributed by atoms with Crippen molar-refractivity contribution in [2.75, 3.05) is 5.32 Å². The molecule has 0 fully saturated rings. The third-order valence-corrected chi connectivity index (χ3v) is 3.96. The van der Waals surface area contributed by atoms with Crippen molar-refractivity contribution in [1.82, 2.24) is 0 Å². The van der Waals surface area contributed by atoms with Crippen molar-refractivity contribution in [1.29, 1.82) is 0 Å². The van der Waals surface area contributed by atoms with Crippen molar-refractivity contribution in [3.63, 3.8) is 0 Å². The Kier molecular flexibility index (Phi) is 5.47. The van der Waals surface area contributed by atoms with E-state index < -0.39 is 6.04 Å². The van der Waals surface area contributed by atoms with Gasteiger partial charge in [-0.1, -0.05) is 78.4 Å². The second-order valence-electron chi connectivity index (χ2n) is 5.95. The minimum Gasteiger partial charge on any atom is -0.459 e. The molecule has 0 aromatic heterocycles. The van der Waals surface area contributed by atoms with Gasteiger partial charge in [0.25, 0.3) is 0 Å². The van der Waals surface area contributed by atoms with E-state index in [1.807, 2.05) is 91.9 Å². The van der Waals surface area contributed by atoms with Gasteiger partial charge in [-0.3, -0.25) is 0 Å². The van der Waals surface area contributed by atoms with E-state index in [0.29, 0.717) is 0 Å². The molecule has 1 N–H and O–H groups in total. The molecule has 0 amide bonds. The first-order valence-corrected chi connectivity index (χ1v) is 8.31. The maximum Gasteiger partial charge on any atom is 0.333 e. The number of anilines is 1. The van der Waals surface area contributed by atoms with E-state index in [2.05, 4.69) is 5.32 Å². The van der Waals surface area contributed by atoms with Crippen LogP contribution in [0.15, 0.2) is 84.9 Å². The number of hydrogen-bond donors (Lipinski definition) is 1. The van der Waals surface area contributed by atoms with Crippen LogP contribution >= 0.6 is 0 Å². The van der Waals surface area contributed by atoms with Crippen LogP contribution < -0.4 is 5.32 Å². The standard InChI is InChI=1S/C22H21NO2/c1-17-12-14-20(15-13-17)23-21(19-10-6-3-7-11-19)22(24)25-16-18-8-4-2-5-9-18/h2-15,21,23H,16H2,1H3/t21-/m0/s1. The second-order valence-corrected chi connectivity index (χ2v) is 5.95. The van der Waals surface area contributed by atoms with Gasteiger partial charge in [0.2, 0.25) is 0 Å². The number of esters is 1. The summed E-state index contributed by atoms with van der Waals surface area (Å²) in [5.74, 6) is -0.296. The van der Waals surface area contributed by atoms with Crippen LogP contribution in [0.25, 0.3) is 0 Å². The van der Waals surface area contributed by atoms with Crippen molar-refractivity contribution >= 4 is 11.7 Å². The molecule has 3 heteroatoms. The number of ether oxygens (including phenoxy) is 1. The molecule has 0 heterocycles. The second kappa shape index (κ2) is 8.15. The number of benzene rings is 3. The molecule has 0 spiro atoms. The van der Waals surface area contributed by atoms with Gasteiger partial charge in [0.05, 0.1) is 0 Å². The highest BCUT2D eigenvalue weighted by molar-refractivity contribution is 5.81. The van der Waals surface area contributed by atoms with Crippen LogP contribution in [0.1, 0.15) is 22.7 Å². The highest BCUT2D eigenvalue weighted by Crippen LogP contribution is 2.22. The predicted molar refractivity (Wildman–Crippen MR) is 100 cm³/mol. The van der Waals surface area contributed by atoms with E-state index >= 15 is 0 Å². The van der Waals surface area contributed by atoms with E-state index in [1.165, 1.54) is 5.56 Å². The fourth-order valence-electron chi connectivity index (χ4n) is 2.55. The van der Waals surface area contributed by atoms with Gasteiger partial charge in [0.1, 0.15) is 6.61 Å². The normalized spacial score (nSPS) is 11.6.